The maximum atomic E-state index is 13.0. The average molecular weight is 323 g/mol. The number of nitrogens with zero attached hydrogens (tertiary/aromatic N) is 1. The van der Waals surface area contributed by atoms with Crippen LogP contribution in [0.2, 0.25) is 0 Å². The van der Waals surface area contributed by atoms with E-state index in [9.17, 15) is 23.1 Å². The summed E-state index contributed by atoms with van der Waals surface area (Å²) in [4.78, 5) is 15.5. The second-order valence-corrected chi connectivity index (χ2v) is 6.07. The summed E-state index contributed by atoms with van der Waals surface area (Å²) in [6, 6.07) is 4.45. The zero-order valence-corrected chi connectivity index (χ0v) is 12.4. The van der Waals surface area contributed by atoms with Gasteiger partial charge in [0, 0.05) is 17.8 Å². The van der Waals surface area contributed by atoms with Gasteiger partial charge in [0.25, 0.3) is 0 Å². The fraction of sp³-hybridized carbons (Fsp3) is 0.412. The SMILES string of the molecule is O=C(O)C1(c2ccc3c(C(F)(F)F)cncc3c2)CCCCC1. The third-order valence-electron chi connectivity index (χ3n) is 4.73. The van der Waals surface area contributed by atoms with E-state index in [2.05, 4.69) is 4.98 Å². The number of halogens is 3. The van der Waals surface area contributed by atoms with Gasteiger partial charge in [0.2, 0.25) is 0 Å². The van der Waals surface area contributed by atoms with E-state index >= 15 is 0 Å². The first kappa shape index (κ1) is 15.8. The molecule has 2 aromatic rings. The van der Waals surface area contributed by atoms with Crippen LogP contribution in [0.4, 0.5) is 13.2 Å². The molecule has 0 unspecified atom stereocenters. The standard InChI is InChI=1S/C17H16F3NO2/c18-17(19,20)14-10-21-9-11-8-12(4-5-13(11)14)16(15(22)23)6-2-1-3-7-16/h4-5,8-10H,1-3,6-7H2,(H,22,23). The van der Waals surface area contributed by atoms with Crippen molar-refractivity contribution in [2.75, 3.05) is 0 Å². The summed E-state index contributed by atoms with van der Waals surface area (Å²) in [6.45, 7) is 0. The molecule has 1 aromatic heterocycles. The maximum absolute atomic E-state index is 13.0. The topological polar surface area (TPSA) is 50.2 Å². The minimum atomic E-state index is -4.48. The first-order chi connectivity index (χ1) is 10.8. The molecule has 122 valence electrons. The zero-order chi connectivity index (χ0) is 16.7. The smallest absolute Gasteiger partial charge is 0.418 e. The van der Waals surface area contributed by atoms with Crippen LogP contribution in [0, 0.1) is 0 Å². The van der Waals surface area contributed by atoms with Crippen molar-refractivity contribution in [1.29, 1.82) is 0 Å². The minimum Gasteiger partial charge on any atom is -0.481 e. The van der Waals surface area contributed by atoms with Gasteiger partial charge in [0.15, 0.2) is 0 Å². The Hall–Kier alpha value is -2.11. The van der Waals surface area contributed by atoms with Gasteiger partial charge in [-0.15, -0.1) is 0 Å². The highest BCUT2D eigenvalue weighted by molar-refractivity contribution is 5.89. The van der Waals surface area contributed by atoms with Crippen LogP contribution >= 0.6 is 0 Å². The Morgan fingerprint density at radius 1 is 1.13 bits per heavy atom. The molecule has 0 spiro atoms. The molecule has 1 aliphatic carbocycles. The lowest BCUT2D eigenvalue weighted by Crippen LogP contribution is -2.37. The largest absolute Gasteiger partial charge is 0.481 e. The van der Waals surface area contributed by atoms with E-state index < -0.39 is 23.1 Å². The van der Waals surface area contributed by atoms with Crippen LogP contribution in [-0.4, -0.2) is 16.1 Å². The Kier molecular flexibility index (Phi) is 3.78. The van der Waals surface area contributed by atoms with Crippen molar-refractivity contribution < 1.29 is 23.1 Å². The van der Waals surface area contributed by atoms with Gasteiger partial charge in [0.05, 0.1) is 11.0 Å². The van der Waals surface area contributed by atoms with Crippen molar-refractivity contribution in [3.05, 3.63) is 41.7 Å². The lowest BCUT2D eigenvalue weighted by atomic mass is 9.69. The number of aliphatic carboxylic acids is 1. The van der Waals surface area contributed by atoms with E-state index in [1.165, 1.54) is 18.3 Å². The molecular weight excluding hydrogens is 307 g/mol. The molecule has 1 N–H and O–H groups in total. The van der Waals surface area contributed by atoms with Crippen molar-refractivity contribution in [1.82, 2.24) is 4.98 Å². The van der Waals surface area contributed by atoms with Crippen molar-refractivity contribution in [3.63, 3.8) is 0 Å². The molecule has 0 aliphatic heterocycles. The van der Waals surface area contributed by atoms with Gasteiger partial charge in [-0.3, -0.25) is 9.78 Å². The predicted octanol–water partition coefficient (Wildman–Crippen LogP) is 4.54. The zero-order valence-electron chi connectivity index (χ0n) is 12.4. The van der Waals surface area contributed by atoms with E-state index in [-0.39, 0.29) is 5.39 Å². The molecule has 23 heavy (non-hydrogen) atoms. The van der Waals surface area contributed by atoms with Gasteiger partial charge in [-0.2, -0.15) is 13.2 Å². The molecule has 1 fully saturated rings. The third-order valence-corrected chi connectivity index (χ3v) is 4.73. The highest BCUT2D eigenvalue weighted by Gasteiger charge is 2.41. The number of carboxylic acid groups (broad SMARTS) is 1. The Bertz CT molecular complexity index is 749. The van der Waals surface area contributed by atoms with E-state index in [4.69, 9.17) is 0 Å². The molecule has 1 aliphatic rings. The minimum absolute atomic E-state index is 0.0487. The van der Waals surface area contributed by atoms with E-state index in [1.807, 2.05) is 0 Å². The molecule has 1 saturated carbocycles. The van der Waals surface area contributed by atoms with Crippen molar-refractivity contribution >= 4 is 16.7 Å². The molecule has 0 saturated heterocycles. The number of aromatic nitrogens is 1. The summed E-state index contributed by atoms with van der Waals surface area (Å²) in [5, 5.41) is 10.1. The van der Waals surface area contributed by atoms with Crippen LogP contribution in [0.15, 0.2) is 30.6 Å². The van der Waals surface area contributed by atoms with Crippen LogP contribution in [0.3, 0.4) is 0 Å². The lowest BCUT2D eigenvalue weighted by Gasteiger charge is -2.33. The molecule has 0 amide bonds. The number of fused-ring (bicyclic) bond motifs is 1. The number of pyridine rings is 1. The highest BCUT2D eigenvalue weighted by atomic mass is 19.4. The highest BCUT2D eigenvalue weighted by Crippen LogP contribution is 2.42. The Morgan fingerprint density at radius 3 is 2.43 bits per heavy atom. The summed E-state index contributed by atoms with van der Waals surface area (Å²) in [5.41, 5.74) is -1.23. The van der Waals surface area contributed by atoms with Crippen LogP contribution < -0.4 is 0 Å². The first-order valence-corrected chi connectivity index (χ1v) is 7.53. The molecule has 6 heteroatoms. The number of hydrogen-bond donors (Lipinski definition) is 1. The van der Waals surface area contributed by atoms with Crippen molar-refractivity contribution in [2.24, 2.45) is 0 Å². The molecule has 0 radical (unpaired) electrons. The number of rotatable bonds is 2. The number of alkyl halides is 3. The van der Waals surface area contributed by atoms with Gasteiger partial charge in [-0.1, -0.05) is 31.4 Å². The summed E-state index contributed by atoms with van der Waals surface area (Å²) in [7, 11) is 0. The van der Waals surface area contributed by atoms with Crippen LogP contribution in [0.5, 0.6) is 0 Å². The summed E-state index contributed by atoms with van der Waals surface area (Å²) < 4.78 is 39.1. The molecule has 1 aromatic carbocycles. The second kappa shape index (κ2) is 5.51. The molecule has 1 heterocycles. The Balaban J connectivity index is 2.15. The van der Waals surface area contributed by atoms with E-state index in [0.29, 0.717) is 23.8 Å². The summed E-state index contributed by atoms with van der Waals surface area (Å²) in [6.07, 6.45) is 1.31. The van der Waals surface area contributed by atoms with Gasteiger partial charge in [0.1, 0.15) is 0 Å². The van der Waals surface area contributed by atoms with Gasteiger partial charge in [-0.05, 0) is 29.9 Å². The first-order valence-electron chi connectivity index (χ1n) is 7.53. The van der Waals surface area contributed by atoms with E-state index in [1.54, 1.807) is 6.07 Å². The van der Waals surface area contributed by atoms with Crippen LogP contribution in [0.25, 0.3) is 10.8 Å². The molecule has 0 bridgehead atoms. The average Bonchev–Trinajstić information content (AvgIpc) is 2.53. The molecule has 0 atom stereocenters. The number of carbonyl (C=O) groups is 1. The quantitative estimate of drug-likeness (QED) is 0.882. The monoisotopic (exact) mass is 323 g/mol. The predicted molar refractivity (Wildman–Crippen MR) is 79.1 cm³/mol. The number of benzene rings is 1. The van der Waals surface area contributed by atoms with Gasteiger partial charge in [-0.25, -0.2) is 0 Å². The summed E-state index contributed by atoms with van der Waals surface area (Å²) in [5.74, 6) is -0.906. The third kappa shape index (κ3) is 2.66. The summed E-state index contributed by atoms with van der Waals surface area (Å²) >= 11 is 0. The van der Waals surface area contributed by atoms with Gasteiger partial charge < -0.3 is 5.11 Å². The van der Waals surface area contributed by atoms with Crippen LogP contribution in [0.1, 0.15) is 43.2 Å². The fourth-order valence-electron chi connectivity index (χ4n) is 3.48. The lowest BCUT2D eigenvalue weighted by molar-refractivity contribution is -0.145. The van der Waals surface area contributed by atoms with Crippen LogP contribution in [-0.2, 0) is 16.4 Å². The Labute approximate surface area is 131 Å². The maximum Gasteiger partial charge on any atom is 0.418 e. The molecule has 3 nitrogen and oxygen atoms in total. The number of carboxylic acids is 1. The van der Waals surface area contributed by atoms with E-state index in [0.717, 1.165) is 25.5 Å². The Morgan fingerprint density at radius 2 is 1.83 bits per heavy atom. The van der Waals surface area contributed by atoms with Gasteiger partial charge >= 0.3 is 12.1 Å². The normalized spacial score (nSPS) is 18.0. The number of hydrogen-bond acceptors (Lipinski definition) is 2. The van der Waals surface area contributed by atoms with Crippen molar-refractivity contribution in [2.45, 2.75) is 43.7 Å². The molecular formula is C17H16F3NO2. The van der Waals surface area contributed by atoms with Crippen molar-refractivity contribution in [3.8, 4) is 0 Å². The molecule has 3 rings (SSSR count). The fourth-order valence-corrected chi connectivity index (χ4v) is 3.48. The second-order valence-electron chi connectivity index (χ2n) is 6.07.